The van der Waals surface area contributed by atoms with Gasteiger partial charge in [-0.1, -0.05) is 12.1 Å². The monoisotopic (exact) mass is 344 g/mol. The fourth-order valence-corrected chi connectivity index (χ4v) is 3.79. The Morgan fingerprint density at radius 1 is 1.36 bits per heavy atom. The van der Waals surface area contributed by atoms with E-state index >= 15 is 0 Å². The van der Waals surface area contributed by atoms with Crippen molar-refractivity contribution in [3.8, 4) is 0 Å². The van der Waals surface area contributed by atoms with Crippen LogP contribution < -0.4 is 10.6 Å². The van der Waals surface area contributed by atoms with E-state index in [9.17, 15) is 9.18 Å². The first-order chi connectivity index (χ1) is 10.2. The average molecular weight is 345 g/mol. The van der Waals surface area contributed by atoms with Crippen LogP contribution in [-0.4, -0.2) is 36.5 Å². The molecule has 0 aromatic heterocycles. The van der Waals surface area contributed by atoms with Gasteiger partial charge in [-0.3, -0.25) is 4.79 Å². The minimum Gasteiger partial charge on any atom is -0.355 e. The van der Waals surface area contributed by atoms with Crippen LogP contribution in [-0.2, 0) is 10.2 Å². The van der Waals surface area contributed by atoms with Gasteiger partial charge in [0.25, 0.3) is 0 Å². The predicted octanol–water partition coefficient (Wildman–Crippen LogP) is 2.49. The lowest BCUT2D eigenvalue weighted by molar-refractivity contribution is -0.121. The molecule has 1 atom stereocenters. The zero-order chi connectivity index (χ0) is 14.7. The molecule has 1 amide bonds. The van der Waals surface area contributed by atoms with Crippen molar-refractivity contribution in [2.24, 2.45) is 0 Å². The van der Waals surface area contributed by atoms with Crippen LogP contribution in [0.15, 0.2) is 24.3 Å². The highest BCUT2D eigenvalue weighted by molar-refractivity contribution is 7.99. The quantitative estimate of drug-likeness (QED) is 0.862. The lowest BCUT2D eigenvalue weighted by Gasteiger charge is -2.23. The number of rotatable bonds is 5. The average Bonchev–Trinajstić information content (AvgIpc) is 3.28. The summed E-state index contributed by atoms with van der Waals surface area (Å²) in [6, 6.07) is 6.98. The molecule has 2 aliphatic rings. The Balaban J connectivity index is 0.00000176. The molecule has 6 heteroatoms. The third kappa shape index (κ3) is 4.37. The first-order valence-corrected chi connectivity index (χ1v) is 8.67. The van der Waals surface area contributed by atoms with Gasteiger partial charge in [0.1, 0.15) is 5.82 Å². The van der Waals surface area contributed by atoms with Gasteiger partial charge < -0.3 is 10.6 Å². The van der Waals surface area contributed by atoms with Gasteiger partial charge in [-0.25, -0.2) is 4.39 Å². The molecule has 0 spiro atoms. The molecular formula is C16H22ClFN2OS. The Labute approximate surface area is 141 Å². The molecule has 1 unspecified atom stereocenters. The molecule has 1 saturated carbocycles. The topological polar surface area (TPSA) is 41.1 Å². The van der Waals surface area contributed by atoms with E-state index in [0.717, 1.165) is 36.5 Å². The molecule has 122 valence electrons. The summed E-state index contributed by atoms with van der Waals surface area (Å²) in [6.45, 7) is 1.65. The number of hydrogen-bond donors (Lipinski definition) is 2. The molecule has 1 aromatic carbocycles. The summed E-state index contributed by atoms with van der Waals surface area (Å²) in [4.78, 5) is 12.1. The molecule has 1 aliphatic carbocycles. The number of carbonyl (C=O) groups is 1. The molecule has 2 fully saturated rings. The highest BCUT2D eigenvalue weighted by atomic mass is 35.5. The zero-order valence-electron chi connectivity index (χ0n) is 12.4. The fraction of sp³-hybridized carbons (Fsp3) is 0.562. The summed E-state index contributed by atoms with van der Waals surface area (Å²) < 4.78 is 13.0. The molecule has 0 bridgehead atoms. The van der Waals surface area contributed by atoms with Gasteiger partial charge in [0.05, 0.1) is 0 Å². The smallest absolute Gasteiger partial charge is 0.221 e. The number of amides is 1. The van der Waals surface area contributed by atoms with Crippen molar-refractivity contribution in [1.29, 1.82) is 0 Å². The third-order valence-corrected chi connectivity index (χ3v) is 5.50. The molecule has 2 N–H and O–H groups in total. The summed E-state index contributed by atoms with van der Waals surface area (Å²) in [5.41, 5.74) is 1.17. The van der Waals surface area contributed by atoms with Gasteiger partial charge in [0.2, 0.25) is 5.91 Å². The predicted molar refractivity (Wildman–Crippen MR) is 91.3 cm³/mol. The molecule has 1 saturated heterocycles. The minimum absolute atomic E-state index is 0. The molecule has 3 rings (SSSR count). The van der Waals surface area contributed by atoms with Gasteiger partial charge in [0, 0.05) is 42.5 Å². The van der Waals surface area contributed by atoms with Gasteiger partial charge in [0.15, 0.2) is 0 Å². The van der Waals surface area contributed by atoms with Crippen molar-refractivity contribution in [1.82, 2.24) is 10.6 Å². The van der Waals surface area contributed by atoms with Crippen molar-refractivity contribution in [3.63, 3.8) is 0 Å². The van der Waals surface area contributed by atoms with Crippen LogP contribution >= 0.6 is 24.2 Å². The Bertz CT molecular complexity index is 501. The molecule has 3 nitrogen and oxygen atoms in total. The van der Waals surface area contributed by atoms with E-state index in [-0.39, 0.29) is 29.5 Å². The lowest BCUT2D eigenvalue weighted by atomic mass is 9.96. The van der Waals surface area contributed by atoms with Crippen LogP contribution in [0.25, 0.3) is 0 Å². The first kappa shape index (κ1) is 17.6. The number of thioether (sulfide) groups is 1. The van der Waals surface area contributed by atoms with Gasteiger partial charge in [-0.2, -0.15) is 11.8 Å². The first-order valence-electron chi connectivity index (χ1n) is 7.52. The lowest BCUT2D eigenvalue weighted by Crippen LogP contribution is -2.42. The van der Waals surface area contributed by atoms with Crippen molar-refractivity contribution < 1.29 is 9.18 Å². The third-order valence-electron chi connectivity index (χ3n) is 4.36. The number of nitrogens with one attached hydrogen (secondary N) is 2. The highest BCUT2D eigenvalue weighted by Gasteiger charge is 2.44. The van der Waals surface area contributed by atoms with Crippen LogP contribution in [0.2, 0.25) is 0 Å². The van der Waals surface area contributed by atoms with Crippen LogP contribution in [0, 0.1) is 5.82 Å². The molecular weight excluding hydrogens is 323 g/mol. The maximum Gasteiger partial charge on any atom is 0.221 e. The molecule has 1 aromatic rings. The maximum absolute atomic E-state index is 13.0. The van der Waals surface area contributed by atoms with Gasteiger partial charge in [-0.15, -0.1) is 12.4 Å². The highest BCUT2D eigenvalue weighted by Crippen LogP contribution is 2.47. The van der Waals surface area contributed by atoms with E-state index in [1.807, 2.05) is 23.9 Å². The molecule has 22 heavy (non-hydrogen) atoms. The van der Waals surface area contributed by atoms with Crippen LogP contribution in [0.3, 0.4) is 0 Å². The SMILES string of the molecule is Cl.O=C(CC1CSCCN1)NCC1(c2ccc(F)cc2)CC1. The normalized spacial score (nSPS) is 22.5. The number of carbonyl (C=O) groups excluding carboxylic acids is 1. The Morgan fingerprint density at radius 2 is 2.09 bits per heavy atom. The van der Waals surface area contributed by atoms with Crippen molar-refractivity contribution in [2.45, 2.75) is 30.7 Å². The van der Waals surface area contributed by atoms with E-state index in [4.69, 9.17) is 0 Å². The van der Waals surface area contributed by atoms with Crippen molar-refractivity contribution in [2.75, 3.05) is 24.6 Å². The Kier molecular flexibility index (Phi) is 6.12. The summed E-state index contributed by atoms with van der Waals surface area (Å²) in [5.74, 6) is 2.05. The van der Waals surface area contributed by atoms with Crippen LogP contribution in [0.4, 0.5) is 4.39 Å². The number of halogens is 2. The zero-order valence-corrected chi connectivity index (χ0v) is 14.1. The van der Waals surface area contributed by atoms with E-state index in [1.165, 1.54) is 12.1 Å². The summed E-state index contributed by atoms with van der Waals surface area (Å²) in [6.07, 6.45) is 2.68. The maximum atomic E-state index is 13.0. The van der Waals surface area contributed by atoms with Gasteiger partial charge >= 0.3 is 0 Å². The summed E-state index contributed by atoms with van der Waals surface area (Å²) >= 11 is 1.90. The van der Waals surface area contributed by atoms with E-state index in [0.29, 0.717) is 19.0 Å². The Hall–Kier alpha value is -0.780. The minimum atomic E-state index is -0.209. The second kappa shape index (κ2) is 7.66. The summed E-state index contributed by atoms with van der Waals surface area (Å²) in [5, 5.41) is 6.44. The molecule has 1 heterocycles. The van der Waals surface area contributed by atoms with Crippen LogP contribution in [0.5, 0.6) is 0 Å². The molecule has 0 radical (unpaired) electrons. The van der Waals surface area contributed by atoms with Gasteiger partial charge in [-0.05, 0) is 30.5 Å². The number of benzene rings is 1. The van der Waals surface area contributed by atoms with E-state index in [1.54, 1.807) is 0 Å². The van der Waals surface area contributed by atoms with E-state index in [2.05, 4.69) is 10.6 Å². The van der Waals surface area contributed by atoms with E-state index < -0.39 is 0 Å². The fourth-order valence-electron chi connectivity index (χ4n) is 2.84. The van der Waals surface area contributed by atoms with Crippen molar-refractivity contribution in [3.05, 3.63) is 35.6 Å². The largest absolute Gasteiger partial charge is 0.355 e. The number of hydrogen-bond acceptors (Lipinski definition) is 3. The summed E-state index contributed by atoms with van der Waals surface area (Å²) in [7, 11) is 0. The van der Waals surface area contributed by atoms with Crippen molar-refractivity contribution >= 4 is 30.1 Å². The second-order valence-corrected chi connectivity index (χ2v) is 7.14. The van der Waals surface area contributed by atoms with Crippen LogP contribution in [0.1, 0.15) is 24.8 Å². The Morgan fingerprint density at radius 3 is 2.68 bits per heavy atom. The molecule has 1 aliphatic heterocycles. The second-order valence-electron chi connectivity index (χ2n) is 5.99. The standard InChI is InChI=1S/C16H21FN2OS.ClH/c17-13-3-1-12(2-4-13)16(5-6-16)11-19-15(20)9-14-10-21-8-7-18-14;/h1-4,14,18H,5-11H2,(H,19,20);1H.